The topological polar surface area (TPSA) is 32.3 Å². The van der Waals surface area contributed by atoms with Gasteiger partial charge in [0, 0.05) is 18.3 Å². The third-order valence-corrected chi connectivity index (χ3v) is 2.09. The van der Waals surface area contributed by atoms with Crippen molar-refractivity contribution in [2.45, 2.75) is 26.3 Å². The normalized spacial score (nSPS) is 20.9. The van der Waals surface area contributed by atoms with Crippen LogP contribution in [-0.2, 0) is 4.79 Å². The number of nitrogens with zero attached hydrogens (tertiary/aromatic N) is 1. The molecule has 3 heteroatoms. The van der Waals surface area contributed by atoms with Gasteiger partial charge in [-0.15, -0.1) is 0 Å². The van der Waals surface area contributed by atoms with Crippen molar-refractivity contribution in [3.8, 4) is 0 Å². The van der Waals surface area contributed by atoms with Crippen molar-refractivity contribution >= 4 is 5.91 Å². The third kappa shape index (κ3) is 2.34. The van der Waals surface area contributed by atoms with Gasteiger partial charge in [-0.2, -0.15) is 0 Å². The van der Waals surface area contributed by atoms with E-state index in [2.05, 4.69) is 30.6 Å². The zero-order valence-corrected chi connectivity index (χ0v) is 7.76. The Morgan fingerprint density at radius 2 is 2.25 bits per heavy atom. The fourth-order valence-corrected chi connectivity index (χ4v) is 1.28. The fraction of sp³-hybridized carbons (Fsp3) is 0.667. The van der Waals surface area contributed by atoms with Crippen LogP contribution < -0.4 is 5.32 Å². The summed E-state index contributed by atoms with van der Waals surface area (Å²) >= 11 is 0. The highest BCUT2D eigenvalue weighted by atomic mass is 16.2. The Bertz CT molecular complexity index is 199. The Labute approximate surface area is 73.4 Å². The second-order valence-electron chi connectivity index (χ2n) is 3.47. The molecule has 1 aliphatic rings. The molecule has 1 heterocycles. The Morgan fingerprint density at radius 3 is 2.83 bits per heavy atom. The van der Waals surface area contributed by atoms with Crippen molar-refractivity contribution in [1.82, 2.24) is 10.2 Å². The van der Waals surface area contributed by atoms with Crippen LogP contribution in [0.25, 0.3) is 0 Å². The van der Waals surface area contributed by atoms with Crippen molar-refractivity contribution in [3.63, 3.8) is 0 Å². The van der Waals surface area contributed by atoms with Crippen LogP contribution >= 0.6 is 0 Å². The van der Waals surface area contributed by atoms with Crippen LogP contribution in [-0.4, -0.2) is 29.9 Å². The van der Waals surface area contributed by atoms with E-state index in [1.807, 2.05) is 0 Å². The van der Waals surface area contributed by atoms with Crippen molar-refractivity contribution in [1.29, 1.82) is 0 Å². The summed E-state index contributed by atoms with van der Waals surface area (Å²) in [6.07, 6.45) is 0.865. The number of hydrogen-bond donors (Lipinski definition) is 1. The molecular formula is C9H16N2O. The fourth-order valence-electron chi connectivity index (χ4n) is 1.28. The van der Waals surface area contributed by atoms with Gasteiger partial charge < -0.3 is 5.32 Å². The molecule has 0 saturated carbocycles. The number of rotatable bonds is 1. The van der Waals surface area contributed by atoms with Crippen LogP contribution in [0, 0.1) is 0 Å². The van der Waals surface area contributed by atoms with Gasteiger partial charge in [-0.05, 0) is 20.3 Å². The Morgan fingerprint density at radius 1 is 1.58 bits per heavy atom. The molecule has 1 N–H and O–H groups in total. The molecule has 0 aromatic heterocycles. The van der Waals surface area contributed by atoms with Crippen LogP contribution in [0.1, 0.15) is 20.3 Å². The highest BCUT2D eigenvalue weighted by molar-refractivity contribution is 5.80. The summed E-state index contributed by atoms with van der Waals surface area (Å²) in [5.74, 6) is 0.0613. The first-order chi connectivity index (χ1) is 5.59. The largest absolute Gasteiger partial charge is 0.329 e. The molecule has 0 spiro atoms. The number of amides is 1. The average molecular weight is 168 g/mol. The van der Waals surface area contributed by atoms with Crippen molar-refractivity contribution in [2.24, 2.45) is 0 Å². The quantitative estimate of drug-likeness (QED) is 0.626. The molecule has 1 amide bonds. The summed E-state index contributed by atoms with van der Waals surface area (Å²) in [5.41, 5.74) is 0.836. The summed E-state index contributed by atoms with van der Waals surface area (Å²) in [6, 6.07) is 0.432. The minimum absolute atomic E-state index is 0.0613. The lowest BCUT2D eigenvalue weighted by Crippen LogP contribution is -2.37. The zero-order chi connectivity index (χ0) is 9.14. The monoisotopic (exact) mass is 168 g/mol. The van der Waals surface area contributed by atoms with Gasteiger partial charge in [0.2, 0.25) is 5.91 Å². The lowest BCUT2D eigenvalue weighted by molar-refractivity contribution is -0.121. The average Bonchev–Trinajstić information content (AvgIpc) is 2.11. The van der Waals surface area contributed by atoms with E-state index in [4.69, 9.17) is 0 Å². The molecule has 0 aromatic carbocycles. The highest BCUT2D eigenvalue weighted by Crippen LogP contribution is 2.06. The molecule has 0 bridgehead atoms. The van der Waals surface area contributed by atoms with Gasteiger partial charge in [0.1, 0.15) is 0 Å². The maximum atomic E-state index is 11.2. The van der Waals surface area contributed by atoms with Crippen LogP contribution in [0.3, 0.4) is 0 Å². The van der Waals surface area contributed by atoms with Gasteiger partial charge in [-0.25, -0.2) is 0 Å². The standard InChI is InChI=1S/C9H16N2O/c1-7(2)11-5-4-8(3)10-9(12)6-11/h7H,3-6H2,1-2H3,(H,10,12). The van der Waals surface area contributed by atoms with E-state index in [0.717, 1.165) is 18.7 Å². The SMILES string of the molecule is C=C1CCN(C(C)C)CC(=O)N1. The highest BCUT2D eigenvalue weighted by Gasteiger charge is 2.17. The van der Waals surface area contributed by atoms with E-state index in [9.17, 15) is 4.79 Å². The van der Waals surface area contributed by atoms with E-state index in [0.29, 0.717) is 12.6 Å². The van der Waals surface area contributed by atoms with Crippen LogP contribution in [0.4, 0.5) is 0 Å². The second kappa shape index (κ2) is 3.72. The van der Waals surface area contributed by atoms with E-state index in [-0.39, 0.29) is 5.91 Å². The smallest absolute Gasteiger partial charge is 0.238 e. The maximum Gasteiger partial charge on any atom is 0.238 e. The van der Waals surface area contributed by atoms with Crippen molar-refractivity contribution < 1.29 is 4.79 Å². The molecule has 12 heavy (non-hydrogen) atoms. The van der Waals surface area contributed by atoms with Gasteiger partial charge in [0.25, 0.3) is 0 Å². The Kier molecular flexibility index (Phi) is 2.87. The Hall–Kier alpha value is -0.830. The minimum atomic E-state index is 0.0613. The summed E-state index contributed by atoms with van der Waals surface area (Å²) < 4.78 is 0. The zero-order valence-electron chi connectivity index (χ0n) is 7.76. The molecule has 0 aromatic rings. The number of carbonyl (C=O) groups is 1. The van der Waals surface area contributed by atoms with Gasteiger partial charge in [-0.1, -0.05) is 6.58 Å². The van der Waals surface area contributed by atoms with E-state index in [1.165, 1.54) is 0 Å². The third-order valence-electron chi connectivity index (χ3n) is 2.09. The molecule has 0 radical (unpaired) electrons. The van der Waals surface area contributed by atoms with Crippen molar-refractivity contribution in [2.75, 3.05) is 13.1 Å². The first-order valence-electron chi connectivity index (χ1n) is 4.31. The molecule has 0 unspecified atom stereocenters. The van der Waals surface area contributed by atoms with Crippen LogP contribution in [0.2, 0.25) is 0 Å². The first kappa shape index (κ1) is 9.26. The molecular weight excluding hydrogens is 152 g/mol. The molecule has 0 aliphatic carbocycles. The summed E-state index contributed by atoms with van der Waals surface area (Å²) in [7, 11) is 0. The van der Waals surface area contributed by atoms with Crippen LogP contribution in [0.15, 0.2) is 12.3 Å². The molecule has 3 nitrogen and oxygen atoms in total. The first-order valence-corrected chi connectivity index (χ1v) is 4.31. The van der Waals surface area contributed by atoms with E-state index < -0.39 is 0 Å². The second-order valence-corrected chi connectivity index (χ2v) is 3.47. The predicted octanol–water partition coefficient (Wildman–Crippen LogP) is 0.730. The number of nitrogens with one attached hydrogen (secondary N) is 1. The Balaban J connectivity index is 2.58. The van der Waals surface area contributed by atoms with E-state index in [1.54, 1.807) is 0 Å². The minimum Gasteiger partial charge on any atom is -0.329 e. The van der Waals surface area contributed by atoms with Crippen LogP contribution in [0.5, 0.6) is 0 Å². The number of hydrogen-bond acceptors (Lipinski definition) is 2. The van der Waals surface area contributed by atoms with Crippen molar-refractivity contribution in [3.05, 3.63) is 12.3 Å². The van der Waals surface area contributed by atoms with Gasteiger partial charge in [0.05, 0.1) is 6.54 Å². The summed E-state index contributed by atoms with van der Waals surface area (Å²) in [6.45, 7) is 9.38. The lowest BCUT2D eigenvalue weighted by Gasteiger charge is -2.22. The maximum absolute atomic E-state index is 11.2. The summed E-state index contributed by atoms with van der Waals surface area (Å²) in [4.78, 5) is 13.3. The van der Waals surface area contributed by atoms with E-state index >= 15 is 0 Å². The molecule has 1 saturated heterocycles. The summed E-state index contributed by atoms with van der Waals surface area (Å²) in [5, 5.41) is 2.75. The molecule has 0 atom stereocenters. The molecule has 68 valence electrons. The number of carbonyl (C=O) groups excluding carboxylic acids is 1. The van der Waals surface area contributed by atoms with Gasteiger partial charge in [0.15, 0.2) is 0 Å². The van der Waals surface area contributed by atoms with Gasteiger partial charge >= 0.3 is 0 Å². The van der Waals surface area contributed by atoms with Gasteiger partial charge in [-0.3, -0.25) is 9.69 Å². The molecule has 1 aliphatic heterocycles. The molecule has 1 rings (SSSR count). The predicted molar refractivity (Wildman–Crippen MR) is 48.6 cm³/mol. The molecule has 1 fully saturated rings. The lowest BCUT2D eigenvalue weighted by atomic mass is 10.3.